The average Bonchev–Trinajstić information content (AvgIpc) is 3.22. The van der Waals surface area contributed by atoms with E-state index in [2.05, 4.69) is 15.6 Å². The van der Waals surface area contributed by atoms with Gasteiger partial charge in [0.25, 0.3) is 0 Å². The highest BCUT2D eigenvalue weighted by Crippen LogP contribution is 2.24. The van der Waals surface area contributed by atoms with Crippen molar-refractivity contribution >= 4 is 23.6 Å². The fourth-order valence-corrected chi connectivity index (χ4v) is 2.81. The van der Waals surface area contributed by atoms with Crippen molar-refractivity contribution in [1.29, 1.82) is 0 Å². The van der Waals surface area contributed by atoms with E-state index in [9.17, 15) is 4.79 Å². The van der Waals surface area contributed by atoms with Crippen LogP contribution in [0.4, 0.5) is 5.88 Å². The molecule has 0 unspecified atom stereocenters. The van der Waals surface area contributed by atoms with Crippen molar-refractivity contribution < 1.29 is 13.8 Å². The Labute approximate surface area is 143 Å². The average molecular weight is 343 g/mol. The van der Waals surface area contributed by atoms with Crippen LogP contribution in [0.2, 0.25) is 0 Å². The predicted octanol–water partition coefficient (Wildman–Crippen LogP) is 3.90. The Morgan fingerprint density at radius 3 is 2.71 bits per heavy atom. The first-order chi connectivity index (χ1) is 11.6. The molecule has 3 aromatic rings. The maximum absolute atomic E-state index is 12.1. The molecule has 2 aromatic heterocycles. The molecule has 0 saturated heterocycles. The number of carbonyl (C=O) groups excluding carboxylic acids is 1. The fourth-order valence-electron chi connectivity index (χ4n) is 2.05. The molecule has 0 aliphatic carbocycles. The van der Waals surface area contributed by atoms with Crippen LogP contribution in [-0.2, 0) is 10.5 Å². The highest BCUT2D eigenvalue weighted by Gasteiger charge is 2.17. The quantitative estimate of drug-likeness (QED) is 0.731. The number of carbonyl (C=O) groups is 1. The summed E-state index contributed by atoms with van der Waals surface area (Å²) in [5.41, 5.74) is 2.52. The predicted molar refractivity (Wildman–Crippen MR) is 92.6 cm³/mol. The van der Waals surface area contributed by atoms with Crippen LogP contribution in [0.3, 0.4) is 0 Å². The zero-order chi connectivity index (χ0) is 16.9. The van der Waals surface area contributed by atoms with Gasteiger partial charge in [-0.3, -0.25) is 10.1 Å². The Balaban J connectivity index is 1.53. The van der Waals surface area contributed by atoms with Gasteiger partial charge in [0.15, 0.2) is 0 Å². The van der Waals surface area contributed by atoms with Gasteiger partial charge in [-0.15, -0.1) is 11.8 Å². The van der Waals surface area contributed by atoms with E-state index in [0.717, 1.165) is 22.7 Å². The summed E-state index contributed by atoms with van der Waals surface area (Å²) in [6.07, 6.45) is 0. The van der Waals surface area contributed by atoms with Crippen LogP contribution in [-0.4, -0.2) is 21.5 Å². The minimum atomic E-state index is -0.263. The fraction of sp³-hybridized carbons (Fsp3) is 0.235. The molecule has 7 heteroatoms. The van der Waals surface area contributed by atoms with E-state index in [1.54, 1.807) is 13.0 Å². The lowest BCUT2D eigenvalue weighted by Gasteiger charge is -2.08. The highest BCUT2D eigenvalue weighted by molar-refractivity contribution is 7.99. The summed E-state index contributed by atoms with van der Waals surface area (Å²) < 4.78 is 10.3. The summed E-state index contributed by atoms with van der Waals surface area (Å²) >= 11 is 1.46. The second kappa shape index (κ2) is 7.35. The topological polar surface area (TPSA) is 81.2 Å². The molecule has 0 aliphatic rings. The summed E-state index contributed by atoms with van der Waals surface area (Å²) in [5.74, 6) is 1.51. The van der Waals surface area contributed by atoms with Crippen molar-refractivity contribution in [2.75, 3.05) is 5.32 Å². The standard InChI is InChI=1S/C17H17N3O3S/c1-11-8-16(23-19-11)18-17(21)12(2)24-10-14-9-15(20-22-14)13-6-4-3-5-7-13/h3-9,12H,10H2,1-2H3,(H,18,21)/t12-/m1/s1. The van der Waals surface area contributed by atoms with Crippen molar-refractivity contribution in [3.05, 3.63) is 53.9 Å². The number of aryl methyl sites for hydroxylation is 1. The van der Waals surface area contributed by atoms with Gasteiger partial charge in [0.05, 0.1) is 16.7 Å². The van der Waals surface area contributed by atoms with Crippen LogP contribution in [0.15, 0.2) is 51.5 Å². The van der Waals surface area contributed by atoms with Gasteiger partial charge in [0, 0.05) is 17.7 Å². The molecule has 1 amide bonds. The lowest BCUT2D eigenvalue weighted by atomic mass is 10.1. The second-order valence-electron chi connectivity index (χ2n) is 5.32. The van der Waals surface area contributed by atoms with Gasteiger partial charge in [-0.2, -0.15) is 0 Å². The highest BCUT2D eigenvalue weighted by atomic mass is 32.2. The molecule has 124 valence electrons. The third kappa shape index (κ3) is 4.05. The van der Waals surface area contributed by atoms with E-state index in [1.807, 2.05) is 43.3 Å². The molecule has 3 rings (SSSR count). The number of aromatic nitrogens is 2. The molecule has 1 atom stereocenters. The number of nitrogens with zero attached hydrogens (tertiary/aromatic N) is 2. The molecule has 1 N–H and O–H groups in total. The summed E-state index contributed by atoms with van der Waals surface area (Å²) in [5, 5.41) is 10.2. The van der Waals surface area contributed by atoms with E-state index in [0.29, 0.717) is 11.6 Å². The van der Waals surface area contributed by atoms with Crippen molar-refractivity contribution in [3.63, 3.8) is 0 Å². The van der Waals surface area contributed by atoms with Gasteiger partial charge in [-0.25, -0.2) is 0 Å². The monoisotopic (exact) mass is 343 g/mol. The molecule has 2 heterocycles. The molecule has 0 bridgehead atoms. The van der Waals surface area contributed by atoms with E-state index in [4.69, 9.17) is 9.05 Å². The van der Waals surface area contributed by atoms with Crippen molar-refractivity contribution in [2.45, 2.75) is 24.9 Å². The molecule has 0 fully saturated rings. The number of benzene rings is 1. The number of amides is 1. The number of anilines is 1. The Kier molecular flexibility index (Phi) is 5.00. The van der Waals surface area contributed by atoms with Crippen molar-refractivity contribution in [3.8, 4) is 11.3 Å². The normalized spacial score (nSPS) is 12.1. The molecular formula is C17H17N3O3S. The maximum atomic E-state index is 12.1. The number of hydrogen-bond acceptors (Lipinski definition) is 6. The number of rotatable bonds is 6. The first-order valence-electron chi connectivity index (χ1n) is 7.48. The number of thioether (sulfide) groups is 1. The molecule has 0 saturated carbocycles. The van der Waals surface area contributed by atoms with E-state index in [-0.39, 0.29) is 11.2 Å². The maximum Gasteiger partial charge on any atom is 0.239 e. The third-order valence-corrected chi connectivity index (χ3v) is 4.51. The van der Waals surface area contributed by atoms with Gasteiger partial charge in [-0.05, 0) is 13.8 Å². The summed E-state index contributed by atoms with van der Waals surface area (Å²) in [7, 11) is 0. The Hall–Kier alpha value is -2.54. The van der Waals surface area contributed by atoms with Crippen LogP contribution in [0, 0.1) is 6.92 Å². The van der Waals surface area contributed by atoms with Crippen molar-refractivity contribution in [2.24, 2.45) is 0 Å². The minimum absolute atomic E-state index is 0.140. The van der Waals surface area contributed by atoms with Crippen LogP contribution < -0.4 is 5.32 Å². The van der Waals surface area contributed by atoms with Crippen LogP contribution >= 0.6 is 11.8 Å². The van der Waals surface area contributed by atoms with Gasteiger partial charge in [0.2, 0.25) is 11.8 Å². The number of hydrogen-bond donors (Lipinski definition) is 1. The lowest BCUT2D eigenvalue weighted by Crippen LogP contribution is -2.22. The molecule has 0 radical (unpaired) electrons. The molecule has 1 aromatic carbocycles. The minimum Gasteiger partial charge on any atom is -0.360 e. The van der Waals surface area contributed by atoms with Gasteiger partial charge in [-0.1, -0.05) is 40.6 Å². The lowest BCUT2D eigenvalue weighted by molar-refractivity contribution is -0.115. The molecule has 6 nitrogen and oxygen atoms in total. The van der Waals surface area contributed by atoms with Crippen molar-refractivity contribution in [1.82, 2.24) is 10.3 Å². The van der Waals surface area contributed by atoms with Crippen LogP contribution in [0.25, 0.3) is 11.3 Å². The Morgan fingerprint density at radius 1 is 1.21 bits per heavy atom. The third-order valence-electron chi connectivity index (χ3n) is 3.35. The molecule has 24 heavy (non-hydrogen) atoms. The zero-order valence-corrected chi connectivity index (χ0v) is 14.2. The Bertz CT molecular complexity index is 813. The van der Waals surface area contributed by atoms with E-state index < -0.39 is 0 Å². The molecular weight excluding hydrogens is 326 g/mol. The first-order valence-corrected chi connectivity index (χ1v) is 8.53. The first kappa shape index (κ1) is 16.3. The smallest absolute Gasteiger partial charge is 0.239 e. The van der Waals surface area contributed by atoms with Gasteiger partial charge >= 0.3 is 0 Å². The second-order valence-corrected chi connectivity index (χ2v) is 6.65. The van der Waals surface area contributed by atoms with Gasteiger partial charge in [0.1, 0.15) is 11.5 Å². The Morgan fingerprint density at radius 2 is 2.00 bits per heavy atom. The summed E-state index contributed by atoms with van der Waals surface area (Å²) in [4.78, 5) is 12.1. The van der Waals surface area contributed by atoms with Crippen LogP contribution in [0.1, 0.15) is 18.4 Å². The zero-order valence-electron chi connectivity index (χ0n) is 13.4. The summed E-state index contributed by atoms with van der Waals surface area (Å²) in [6, 6.07) is 13.4. The van der Waals surface area contributed by atoms with Crippen LogP contribution in [0.5, 0.6) is 0 Å². The van der Waals surface area contributed by atoms with E-state index in [1.165, 1.54) is 11.8 Å². The SMILES string of the molecule is Cc1cc(NC(=O)[C@@H](C)SCc2cc(-c3ccccc3)no2)on1. The number of nitrogens with one attached hydrogen (secondary N) is 1. The molecule has 0 aliphatic heterocycles. The van der Waals surface area contributed by atoms with E-state index >= 15 is 0 Å². The largest absolute Gasteiger partial charge is 0.360 e. The molecule has 0 spiro atoms. The van der Waals surface area contributed by atoms with Gasteiger partial charge < -0.3 is 9.05 Å². The summed E-state index contributed by atoms with van der Waals surface area (Å²) in [6.45, 7) is 3.63.